The summed E-state index contributed by atoms with van der Waals surface area (Å²) in [5, 5.41) is 22.2. The summed E-state index contributed by atoms with van der Waals surface area (Å²) < 4.78 is 11.7. The van der Waals surface area contributed by atoms with Crippen LogP contribution in [-0.2, 0) is 10.8 Å². The van der Waals surface area contributed by atoms with Crippen LogP contribution in [0.15, 0.2) is 121 Å². The summed E-state index contributed by atoms with van der Waals surface area (Å²) in [6, 6.07) is 36.4. The highest BCUT2D eigenvalue weighted by Gasteiger charge is 2.28. The van der Waals surface area contributed by atoms with Crippen LogP contribution in [0.25, 0.3) is 0 Å². The first-order chi connectivity index (χ1) is 20.9. The summed E-state index contributed by atoms with van der Waals surface area (Å²) in [5.74, 6) is 2.00. The highest BCUT2D eigenvalue weighted by atomic mass is 16.6. The van der Waals surface area contributed by atoms with E-state index in [1.165, 1.54) is 24.3 Å². The Morgan fingerprint density at radius 2 is 0.818 bits per heavy atom. The van der Waals surface area contributed by atoms with Crippen molar-refractivity contribution in [1.29, 1.82) is 0 Å². The molecule has 0 aliphatic rings. The molecule has 8 nitrogen and oxygen atoms in total. The zero-order valence-electron chi connectivity index (χ0n) is 24.9. The van der Waals surface area contributed by atoms with Crippen molar-refractivity contribution in [2.75, 3.05) is 0 Å². The van der Waals surface area contributed by atoms with Gasteiger partial charge in [-0.25, -0.2) is 0 Å². The van der Waals surface area contributed by atoms with E-state index in [1.54, 1.807) is 24.3 Å². The van der Waals surface area contributed by atoms with Gasteiger partial charge in [-0.1, -0.05) is 88.4 Å². The second-order valence-corrected chi connectivity index (χ2v) is 11.6. The highest BCUT2D eigenvalue weighted by Crippen LogP contribution is 2.38. The Bertz CT molecular complexity index is 1680. The van der Waals surface area contributed by atoms with Crippen LogP contribution in [0, 0.1) is 20.2 Å². The predicted octanol–water partition coefficient (Wildman–Crippen LogP) is 9.74. The molecule has 0 saturated heterocycles. The smallest absolute Gasteiger partial charge is 0.273 e. The Kier molecular flexibility index (Phi) is 8.18. The van der Waals surface area contributed by atoms with Crippen LogP contribution >= 0.6 is 0 Å². The second-order valence-electron chi connectivity index (χ2n) is 11.6. The SMILES string of the molecule is CC(C)(c1ccc(Oc2cccc([N+](=O)[O-])c2)cc1)c1cccc(C(C)(C)c2ccc(Oc3cccc([N+](=O)[O-])c3)cc2)c1. The maximum Gasteiger partial charge on any atom is 0.273 e. The molecule has 0 aliphatic carbocycles. The molecule has 0 aromatic heterocycles. The molecule has 0 radical (unpaired) electrons. The molecule has 5 aromatic carbocycles. The van der Waals surface area contributed by atoms with Crippen molar-refractivity contribution < 1.29 is 19.3 Å². The summed E-state index contributed by atoms with van der Waals surface area (Å²) in [5.41, 5.74) is 3.84. The zero-order valence-corrected chi connectivity index (χ0v) is 24.9. The molecule has 44 heavy (non-hydrogen) atoms. The van der Waals surface area contributed by atoms with Gasteiger partial charge >= 0.3 is 0 Å². The summed E-state index contributed by atoms with van der Waals surface area (Å²) in [4.78, 5) is 21.3. The fourth-order valence-electron chi connectivity index (χ4n) is 5.10. The molecule has 0 aliphatic heterocycles. The van der Waals surface area contributed by atoms with E-state index in [1.807, 2.05) is 48.5 Å². The normalized spacial score (nSPS) is 11.5. The van der Waals surface area contributed by atoms with Gasteiger partial charge in [-0.2, -0.15) is 0 Å². The van der Waals surface area contributed by atoms with Gasteiger partial charge < -0.3 is 9.47 Å². The van der Waals surface area contributed by atoms with Crippen LogP contribution in [0.4, 0.5) is 11.4 Å². The van der Waals surface area contributed by atoms with Crippen LogP contribution in [-0.4, -0.2) is 9.85 Å². The summed E-state index contributed by atoms with van der Waals surface area (Å²) in [6.45, 7) is 8.70. The highest BCUT2D eigenvalue weighted by molar-refractivity contribution is 5.48. The van der Waals surface area contributed by atoms with Gasteiger partial charge in [0.1, 0.15) is 23.0 Å². The Balaban J connectivity index is 1.33. The van der Waals surface area contributed by atoms with Gasteiger partial charge in [0.25, 0.3) is 11.4 Å². The predicted molar refractivity (Wildman–Crippen MR) is 170 cm³/mol. The van der Waals surface area contributed by atoms with Gasteiger partial charge in [0.05, 0.1) is 22.0 Å². The monoisotopic (exact) mass is 588 g/mol. The van der Waals surface area contributed by atoms with Crippen molar-refractivity contribution in [3.05, 3.63) is 164 Å². The standard InChI is InChI=1S/C36H32N2O6/c1-35(2,25-14-18-31(19-15-25)43-33-12-6-10-29(23-33)37(39)40)27-8-5-9-28(22-27)36(3,4)26-16-20-32(21-17-26)44-34-13-7-11-30(24-34)38(41)42/h5-24H,1-4H3. The molecule has 0 spiro atoms. The number of benzene rings is 5. The lowest BCUT2D eigenvalue weighted by molar-refractivity contribution is -0.385. The van der Waals surface area contributed by atoms with Crippen molar-refractivity contribution in [1.82, 2.24) is 0 Å². The Morgan fingerprint density at radius 1 is 0.455 bits per heavy atom. The van der Waals surface area contributed by atoms with Crippen LogP contribution in [0.1, 0.15) is 49.9 Å². The molecule has 0 unspecified atom stereocenters. The second kappa shape index (κ2) is 12.0. The fourth-order valence-corrected chi connectivity index (χ4v) is 5.10. The van der Waals surface area contributed by atoms with E-state index in [2.05, 4.69) is 52.0 Å². The number of hydrogen-bond donors (Lipinski definition) is 0. The lowest BCUT2D eigenvalue weighted by Gasteiger charge is -2.31. The number of nitro groups is 2. The molecule has 5 rings (SSSR count). The fraction of sp³-hybridized carbons (Fsp3) is 0.167. The first kappa shape index (κ1) is 30.0. The van der Waals surface area contributed by atoms with Gasteiger partial charge in [-0.15, -0.1) is 0 Å². The Labute approximate surface area is 255 Å². The molecule has 0 atom stereocenters. The van der Waals surface area contributed by atoms with Gasteiger partial charge in [0.15, 0.2) is 0 Å². The first-order valence-corrected chi connectivity index (χ1v) is 14.1. The van der Waals surface area contributed by atoms with Crippen molar-refractivity contribution >= 4 is 11.4 Å². The van der Waals surface area contributed by atoms with E-state index >= 15 is 0 Å². The molecule has 5 aromatic rings. The van der Waals surface area contributed by atoms with Crippen LogP contribution in [0.3, 0.4) is 0 Å². The molecular formula is C36H32N2O6. The molecule has 8 heteroatoms. The summed E-state index contributed by atoms with van der Waals surface area (Å²) in [6.07, 6.45) is 0. The van der Waals surface area contributed by atoms with E-state index in [0.717, 1.165) is 22.3 Å². The Hall–Kier alpha value is -5.50. The van der Waals surface area contributed by atoms with E-state index in [4.69, 9.17) is 9.47 Å². The van der Waals surface area contributed by atoms with Gasteiger partial charge in [0, 0.05) is 23.0 Å². The average molecular weight is 589 g/mol. The van der Waals surface area contributed by atoms with E-state index < -0.39 is 9.85 Å². The van der Waals surface area contributed by atoms with E-state index in [0.29, 0.717) is 23.0 Å². The van der Waals surface area contributed by atoms with Crippen LogP contribution < -0.4 is 9.47 Å². The third-order valence-corrected chi connectivity index (χ3v) is 7.99. The van der Waals surface area contributed by atoms with Gasteiger partial charge in [-0.05, 0) is 58.7 Å². The molecule has 0 saturated carbocycles. The lowest BCUT2D eigenvalue weighted by Crippen LogP contribution is -2.22. The largest absolute Gasteiger partial charge is 0.457 e. The van der Waals surface area contributed by atoms with Gasteiger partial charge in [-0.3, -0.25) is 20.2 Å². The maximum absolute atomic E-state index is 11.1. The third kappa shape index (κ3) is 6.44. The van der Waals surface area contributed by atoms with E-state index in [-0.39, 0.29) is 22.2 Å². The van der Waals surface area contributed by atoms with Crippen molar-refractivity contribution in [2.45, 2.75) is 38.5 Å². The molecule has 0 fully saturated rings. The minimum absolute atomic E-state index is 0.0205. The summed E-state index contributed by atoms with van der Waals surface area (Å²) in [7, 11) is 0. The van der Waals surface area contributed by atoms with Crippen molar-refractivity contribution in [2.24, 2.45) is 0 Å². The first-order valence-electron chi connectivity index (χ1n) is 14.1. The minimum atomic E-state index is -0.444. The maximum atomic E-state index is 11.1. The quantitative estimate of drug-likeness (QED) is 0.119. The van der Waals surface area contributed by atoms with Crippen molar-refractivity contribution in [3.63, 3.8) is 0 Å². The van der Waals surface area contributed by atoms with Crippen molar-refractivity contribution in [3.8, 4) is 23.0 Å². The summed E-state index contributed by atoms with van der Waals surface area (Å²) >= 11 is 0. The molecule has 0 amide bonds. The molecular weight excluding hydrogens is 556 g/mol. The lowest BCUT2D eigenvalue weighted by atomic mass is 9.73. The third-order valence-electron chi connectivity index (χ3n) is 7.99. The van der Waals surface area contributed by atoms with E-state index in [9.17, 15) is 20.2 Å². The number of non-ortho nitro benzene ring substituents is 2. The molecule has 222 valence electrons. The number of nitrogens with zero attached hydrogens (tertiary/aromatic N) is 2. The number of nitro benzene ring substituents is 2. The number of hydrogen-bond acceptors (Lipinski definition) is 6. The Morgan fingerprint density at radius 3 is 1.18 bits per heavy atom. The number of ether oxygens (including phenoxy) is 2. The molecule has 0 heterocycles. The minimum Gasteiger partial charge on any atom is -0.457 e. The zero-order chi connectivity index (χ0) is 31.5. The van der Waals surface area contributed by atoms with Gasteiger partial charge in [0.2, 0.25) is 0 Å². The van der Waals surface area contributed by atoms with Crippen LogP contribution in [0.5, 0.6) is 23.0 Å². The van der Waals surface area contributed by atoms with Crippen LogP contribution in [0.2, 0.25) is 0 Å². The molecule has 0 N–H and O–H groups in total. The molecule has 0 bridgehead atoms. The average Bonchev–Trinajstić information content (AvgIpc) is 3.02. The number of rotatable bonds is 10. The topological polar surface area (TPSA) is 105 Å².